The van der Waals surface area contributed by atoms with E-state index in [0.29, 0.717) is 5.75 Å². The Morgan fingerprint density at radius 3 is 2.64 bits per heavy atom. The molecule has 78 valence electrons. The average molecular weight is 199 g/mol. The number of hydrogen-bond acceptors (Lipinski definition) is 3. The maximum atomic E-state index is 13.3. The van der Waals surface area contributed by atoms with Crippen LogP contribution in [0.25, 0.3) is 0 Å². The van der Waals surface area contributed by atoms with Crippen molar-refractivity contribution in [1.82, 2.24) is 0 Å². The van der Waals surface area contributed by atoms with Gasteiger partial charge in [-0.05, 0) is 25.1 Å². The van der Waals surface area contributed by atoms with E-state index in [0.717, 1.165) is 0 Å². The number of rotatable bonds is 3. The molecule has 3 nitrogen and oxygen atoms in total. The number of methoxy groups -OCH3 is 1. The summed E-state index contributed by atoms with van der Waals surface area (Å²) in [6, 6.07) is 3.54. The van der Waals surface area contributed by atoms with Gasteiger partial charge < -0.3 is 15.6 Å². The van der Waals surface area contributed by atoms with E-state index in [1.54, 1.807) is 0 Å². The van der Waals surface area contributed by atoms with Crippen molar-refractivity contribution in [2.24, 2.45) is 5.73 Å². The van der Waals surface area contributed by atoms with Crippen molar-refractivity contribution in [2.75, 3.05) is 7.11 Å². The summed E-state index contributed by atoms with van der Waals surface area (Å²) < 4.78 is 18.2. The predicted molar refractivity (Wildman–Crippen MR) is 51.6 cm³/mol. The lowest BCUT2D eigenvalue weighted by atomic mass is 10.0. The first-order chi connectivity index (χ1) is 6.56. The van der Waals surface area contributed by atoms with Crippen molar-refractivity contribution >= 4 is 0 Å². The van der Waals surface area contributed by atoms with Crippen molar-refractivity contribution in [3.05, 3.63) is 29.6 Å². The maximum Gasteiger partial charge on any atom is 0.128 e. The lowest BCUT2D eigenvalue weighted by molar-refractivity contribution is 0.162. The van der Waals surface area contributed by atoms with Crippen molar-refractivity contribution in [1.29, 1.82) is 0 Å². The second kappa shape index (κ2) is 4.39. The van der Waals surface area contributed by atoms with E-state index in [4.69, 9.17) is 10.5 Å². The van der Waals surface area contributed by atoms with Crippen LogP contribution in [0.2, 0.25) is 0 Å². The zero-order valence-corrected chi connectivity index (χ0v) is 8.20. The van der Waals surface area contributed by atoms with Gasteiger partial charge in [0.1, 0.15) is 11.6 Å². The van der Waals surface area contributed by atoms with Crippen molar-refractivity contribution in [3.8, 4) is 5.75 Å². The number of ether oxygens (including phenoxy) is 1. The molecule has 2 atom stereocenters. The predicted octanol–water partition coefficient (Wildman–Crippen LogP) is 1.21. The Bertz CT molecular complexity index is 315. The van der Waals surface area contributed by atoms with Crippen molar-refractivity contribution in [2.45, 2.75) is 19.1 Å². The third-order valence-corrected chi connectivity index (χ3v) is 2.08. The van der Waals surface area contributed by atoms with Crippen LogP contribution in [0.15, 0.2) is 18.2 Å². The van der Waals surface area contributed by atoms with Crippen LogP contribution in [-0.4, -0.2) is 18.3 Å². The summed E-state index contributed by atoms with van der Waals surface area (Å²) in [5.41, 5.74) is 5.88. The van der Waals surface area contributed by atoms with E-state index in [1.165, 1.54) is 32.2 Å². The Labute approximate surface area is 82.3 Å². The number of aliphatic hydroxyl groups is 1. The topological polar surface area (TPSA) is 55.5 Å². The number of benzene rings is 1. The third-order valence-electron chi connectivity index (χ3n) is 2.08. The number of hydrogen-bond donors (Lipinski definition) is 2. The lowest BCUT2D eigenvalue weighted by Gasteiger charge is -2.16. The van der Waals surface area contributed by atoms with Crippen LogP contribution in [0, 0.1) is 5.82 Å². The summed E-state index contributed by atoms with van der Waals surface area (Å²) in [5, 5.41) is 9.23. The summed E-state index contributed by atoms with van der Waals surface area (Å²) in [7, 11) is 1.49. The molecule has 1 aromatic rings. The van der Waals surface area contributed by atoms with E-state index in [1.807, 2.05) is 0 Å². The molecule has 0 heterocycles. The fourth-order valence-electron chi connectivity index (χ4n) is 1.16. The monoisotopic (exact) mass is 199 g/mol. The normalized spacial score (nSPS) is 14.9. The molecule has 0 aromatic heterocycles. The minimum absolute atomic E-state index is 0.263. The fourth-order valence-corrected chi connectivity index (χ4v) is 1.16. The molecule has 0 amide bonds. The van der Waals surface area contributed by atoms with E-state index in [-0.39, 0.29) is 5.56 Å². The van der Waals surface area contributed by atoms with Crippen LogP contribution in [0.4, 0.5) is 4.39 Å². The van der Waals surface area contributed by atoms with Crippen LogP contribution in [0.5, 0.6) is 5.75 Å². The number of halogens is 1. The summed E-state index contributed by atoms with van der Waals surface area (Å²) in [6.45, 7) is 1.52. The summed E-state index contributed by atoms with van der Waals surface area (Å²) >= 11 is 0. The largest absolute Gasteiger partial charge is 0.497 e. The highest BCUT2D eigenvalue weighted by molar-refractivity contribution is 5.32. The fraction of sp³-hybridized carbons (Fsp3) is 0.400. The van der Waals surface area contributed by atoms with Gasteiger partial charge in [-0.1, -0.05) is 0 Å². The van der Waals surface area contributed by atoms with Gasteiger partial charge in [0.2, 0.25) is 0 Å². The molecular weight excluding hydrogens is 185 g/mol. The Kier molecular flexibility index (Phi) is 3.43. The molecule has 4 heteroatoms. The molecule has 0 bridgehead atoms. The van der Waals surface area contributed by atoms with E-state index in [9.17, 15) is 9.50 Å². The number of nitrogens with two attached hydrogens (primary N) is 1. The molecule has 0 aliphatic carbocycles. The van der Waals surface area contributed by atoms with Gasteiger partial charge in [-0.25, -0.2) is 4.39 Å². The van der Waals surface area contributed by atoms with E-state index < -0.39 is 18.0 Å². The van der Waals surface area contributed by atoms with Gasteiger partial charge in [0.15, 0.2) is 0 Å². The standard InChI is InChI=1S/C10H14FNO2/c1-6(13)10(12)8-5-7(14-2)3-4-9(8)11/h3-6,10,13H,12H2,1-2H3/t6-,10-/m0/s1. The highest BCUT2D eigenvalue weighted by atomic mass is 19.1. The zero-order chi connectivity index (χ0) is 10.7. The van der Waals surface area contributed by atoms with E-state index >= 15 is 0 Å². The van der Waals surface area contributed by atoms with Gasteiger partial charge >= 0.3 is 0 Å². The molecule has 3 N–H and O–H groups in total. The summed E-state index contributed by atoms with van der Waals surface area (Å²) in [6.07, 6.45) is -0.795. The molecule has 1 rings (SSSR count). The smallest absolute Gasteiger partial charge is 0.128 e. The van der Waals surface area contributed by atoms with Gasteiger partial charge in [0.05, 0.1) is 19.3 Å². The minimum Gasteiger partial charge on any atom is -0.497 e. The quantitative estimate of drug-likeness (QED) is 0.769. The first kappa shape index (κ1) is 10.9. The van der Waals surface area contributed by atoms with Gasteiger partial charge in [-0.2, -0.15) is 0 Å². The second-order valence-corrected chi connectivity index (χ2v) is 3.15. The Morgan fingerprint density at radius 1 is 1.50 bits per heavy atom. The van der Waals surface area contributed by atoms with Gasteiger partial charge in [-0.15, -0.1) is 0 Å². The molecular formula is C10H14FNO2. The van der Waals surface area contributed by atoms with Crippen LogP contribution < -0.4 is 10.5 Å². The zero-order valence-electron chi connectivity index (χ0n) is 8.20. The molecule has 0 aliphatic heterocycles. The minimum atomic E-state index is -0.795. The van der Waals surface area contributed by atoms with Crippen LogP contribution in [-0.2, 0) is 0 Å². The van der Waals surface area contributed by atoms with Gasteiger partial charge in [0, 0.05) is 5.56 Å². The highest BCUT2D eigenvalue weighted by Gasteiger charge is 2.16. The first-order valence-electron chi connectivity index (χ1n) is 4.33. The lowest BCUT2D eigenvalue weighted by Crippen LogP contribution is -2.24. The van der Waals surface area contributed by atoms with Gasteiger partial charge in [-0.3, -0.25) is 0 Å². The molecule has 14 heavy (non-hydrogen) atoms. The van der Waals surface area contributed by atoms with Crippen LogP contribution in [0.1, 0.15) is 18.5 Å². The average Bonchev–Trinajstić information content (AvgIpc) is 2.17. The van der Waals surface area contributed by atoms with Gasteiger partial charge in [0.25, 0.3) is 0 Å². The molecule has 1 aromatic carbocycles. The highest BCUT2D eigenvalue weighted by Crippen LogP contribution is 2.22. The SMILES string of the molecule is COc1ccc(F)c([C@@H](N)[C@H](C)O)c1. The Balaban J connectivity index is 3.05. The summed E-state index contributed by atoms with van der Waals surface area (Å²) in [4.78, 5) is 0. The van der Waals surface area contributed by atoms with Crippen molar-refractivity contribution in [3.63, 3.8) is 0 Å². The summed E-state index contributed by atoms with van der Waals surface area (Å²) in [5.74, 6) is 0.0942. The van der Waals surface area contributed by atoms with Crippen molar-refractivity contribution < 1.29 is 14.2 Å². The van der Waals surface area contributed by atoms with Crippen LogP contribution in [0.3, 0.4) is 0 Å². The molecule has 0 radical (unpaired) electrons. The maximum absolute atomic E-state index is 13.3. The third kappa shape index (κ3) is 2.21. The molecule has 0 spiro atoms. The first-order valence-corrected chi connectivity index (χ1v) is 4.33. The Hall–Kier alpha value is -1.13. The van der Waals surface area contributed by atoms with E-state index in [2.05, 4.69) is 0 Å². The Morgan fingerprint density at radius 2 is 2.14 bits per heavy atom. The molecule has 0 aliphatic rings. The molecule has 0 saturated carbocycles. The molecule has 0 fully saturated rings. The molecule has 0 saturated heterocycles. The second-order valence-electron chi connectivity index (χ2n) is 3.15. The molecule has 0 unspecified atom stereocenters. The van der Waals surface area contributed by atoms with Crippen LogP contribution >= 0.6 is 0 Å². The number of aliphatic hydroxyl groups excluding tert-OH is 1.